The van der Waals surface area contributed by atoms with E-state index in [1.165, 1.54) is 16.2 Å². The fraction of sp³-hybridized carbons (Fsp3) is 0.372. The number of hydrogen-bond donors (Lipinski definition) is 3. The van der Waals surface area contributed by atoms with Gasteiger partial charge in [-0.05, 0) is 56.7 Å². The number of aliphatic carboxylic acids is 1. The number of carboxylic acid groups (broad SMARTS) is 1. The summed E-state index contributed by atoms with van der Waals surface area (Å²) in [4.78, 5) is 46.7. The molecule has 65 heavy (non-hydrogen) atoms. The average molecular weight is 966 g/mol. The minimum atomic E-state index is -1.11. The van der Waals surface area contributed by atoms with Crippen molar-refractivity contribution in [2.75, 3.05) is 52.8 Å². The van der Waals surface area contributed by atoms with Crippen LogP contribution in [-0.4, -0.2) is 116 Å². The first-order valence-corrected chi connectivity index (χ1v) is 23.0. The van der Waals surface area contributed by atoms with E-state index in [1.807, 2.05) is 35.8 Å². The predicted molar refractivity (Wildman–Crippen MR) is 245 cm³/mol. The van der Waals surface area contributed by atoms with Crippen LogP contribution in [0.1, 0.15) is 57.1 Å². The SMILES string of the molecule is Cc1sc2c(c1C)C(c1ccc(Cl)cc1)=NC(CC(=O)NCc1cn(CCOCCOCCOCCOc3ccc(-c4nc(CC(=O)NCC(=O)O)cs4)c(Cl)c3)nn1)c1nnc(C)n1-2. The molecule has 2 aromatic carbocycles. The molecule has 3 N–H and O–H groups in total. The van der Waals surface area contributed by atoms with E-state index in [-0.39, 0.29) is 25.3 Å². The third kappa shape index (κ3) is 12.6. The highest BCUT2D eigenvalue weighted by molar-refractivity contribution is 7.15. The molecule has 1 unspecified atom stereocenters. The van der Waals surface area contributed by atoms with Crippen molar-refractivity contribution in [2.45, 2.75) is 52.7 Å². The first kappa shape index (κ1) is 47.4. The molecule has 0 aliphatic carbocycles. The maximum absolute atomic E-state index is 13.4. The van der Waals surface area contributed by atoms with Crippen LogP contribution in [0.15, 0.2) is 59.0 Å². The normalized spacial score (nSPS) is 13.2. The summed E-state index contributed by atoms with van der Waals surface area (Å²) in [5.74, 6) is 0.152. The molecule has 0 radical (unpaired) electrons. The number of fused-ring (bicyclic) bond motifs is 3. The molecule has 1 aliphatic rings. The summed E-state index contributed by atoms with van der Waals surface area (Å²) in [7, 11) is 0. The van der Waals surface area contributed by atoms with Crippen LogP contribution in [0.25, 0.3) is 15.6 Å². The van der Waals surface area contributed by atoms with E-state index >= 15 is 0 Å². The molecule has 4 aromatic heterocycles. The minimum absolute atomic E-state index is 0.0290. The Morgan fingerprint density at radius 3 is 2.34 bits per heavy atom. The van der Waals surface area contributed by atoms with E-state index in [1.54, 1.807) is 45.8 Å². The Morgan fingerprint density at radius 2 is 1.60 bits per heavy atom. The van der Waals surface area contributed by atoms with Crippen LogP contribution in [-0.2, 0) is 48.1 Å². The number of rotatable bonds is 23. The molecular weight excluding hydrogens is 920 g/mol. The lowest BCUT2D eigenvalue weighted by molar-refractivity contribution is -0.137. The van der Waals surface area contributed by atoms with Crippen LogP contribution in [0.4, 0.5) is 0 Å². The molecule has 0 fully saturated rings. The number of thiophene rings is 1. The molecule has 0 bridgehead atoms. The Bertz CT molecular complexity index is 2650. The maximum Gasteiger partial charge on any atom is 0.322 e. The molecule has 1 atom stereocenters. The largest absolute Gasteiger partial charge is 0.491 e. The van der Waals surface area contributed by atoms with Crippen molar-refractivity contribution in [3.05, 3.63) is 109 Å². The molecule has 18 nitrogen and oxygen atoms in total. The number of benzene rings is 2. The van der Waals surface area contributed by atoms with Crippen molar-refractivity contribution in [3.8, 4) is 21.3 Å². The summed E-state index contributed by atoms with van der Waals surface area (Å²) >= 11 is 15.7. The minimum Gasteiger partial charge on any atom is -0.491 e. The average Bonchev–Trinajstić information content (AvgIpc) is 4.07. The molecular formula is C43H46Cl2N10O8S2. The Kier molecular flexibility index (Phi) is 16.4. The molecule has 5 heterocycles. The molecule has 6 aromatic rings. The van der Waals surface area contributed by atoms with Gasteiger partial charge in [0.15, 0.2) is 5.82 Å². The van der Waals surface area contributed by atoms with Crippen molar-refractivity contribution >= 4 is 69.4 Å². The number of amides is 2. The first-order valence-electron chi connectivity index (χ1n) is 20.5. The van der Waals surface area contributed by atoms with Gasteiger partial charge in [-0.3, -0.25) is 23.9 Å². The third-order valence-electron chi connectivity index (χ3n) is 9.99. The Labute approximate surface area is 391 Å². The van der Waals surface area contributed by atoms with E-state index in [2.05, 4.69) is 50.0 Å². The summed E-state index contributed by atoms with van der Waals surface area (Å²) in [5, 5.41) is 35.6. The van der Waals surface area contributed by atoms with Gasteiger partial charge in [-0.1, -0.05) is 40.5 Å². The second kappa shape index (κ2) is 22.5. The van der Waals surface area contributed by atoms with E-state index in [4.69, 9.17) is 52.2 Å². The maximum atomic E-state index is 13.4. The molecule has 342 valence electrons. The molecule has 7 rings (SSSR count). The molecule has 1 aliphatic heterocycles. The number of thiazole rings is 1. The number of halogens is 2. The molecule has 0 spiro atoms. The fourth-order valence-electron chi connectivity index (χ4n) is 6.69. The summed E-state index contributed by atoms with van der Waals surface area (Å²) in [6, 6.07) is 12.2. The number of aromatic nitrogens is 7. The number of nitrogens with one attached hydrogen (secondary N) is 2. The van der Waals surface area contributed by atoms with Crippen LogP contribution in [0.3, 0.4) is 0 Å². The standard InChI is InChI=1S/C43H46Cl2N10O8S2/c1-25-26(2)65-43-39(25)40(28-4-6-29(44)7-5-28)49-35(41-52-50-27(3)55(41)43)20-37(57)46-21-31-23-54(53-51-31)10-11-60-12-13-61-14-15-62-16-17-63-32-8-9-33(34(45)19-32)42-48-30(24-64-42)18-36(56)47-22-38(58)59/h4-9,19,23-24,35H,10-18,20-22H2,1-3H3,(H,46,57)(H,47,56)(H,58,59). The van der Waals surface area contributed by atoms with Crippen molar-refractivity contribution < 1.29 is 38.4 Å². The van der Waals surface area contributed by atoms with Gasteiger partial charge < -0.3 is 34.7 Å². The fourth-order valence-corrected chi connectivity index (χ4v) is 9.20. The van der Waals surface area contributed by atoms with E-state index in [0.29, 0.717) is 96.4 Å². The van der Waals surface area contributed by atoms with E-state index in [0.717, 1.165) is 33.2 Å². The van der Waals surface area contributed by atoms with Gasteiger partial charge in [0.2, 0.25) is 11.8 Å². The monoisotopic (exact) mass is 964 g/mol. The van der Waals surface area contributed by atoms with Gasteiger partial charge in [0.25, 0.3) is 0 Å². The summed E-state index contributed by atoms with van der Waals surface area (Å²) in [6.45, 7) is 8.94. The number of aryl methyl sites for hydroxylation is 2. The molecule has 0 saturated heterocycles. The lowest BCUT2D eigenvalue weighted by Gasteiger charge is -2.13. The second-order valence-electron chi connectivity index (χ2n) is 14.7. The molecule has 2 amide bonds. The highest BCUT2D eigenvalue weighted by atomic mass is 35.5. The lowest BCUT2D eigenvalue weighted by atomic mass is 9.99. The van der Waals surface area contributed by atoms with Crippen LogP contribution in [0, 0.1) is 20.8 Å². The smallest absolute Gasteiger partial charge is 0.322 e. The van der Waals surface area contributed by atoms with Crippen molar-refractivity contribution in [1.29, 1.82) is 0 Å². The zero-order valence-electron chi connectivity index (χ0n) is 35.7. The molecule has 0 saturated carbocycles. The third-order valence-corrected chi connectivity index (χ3v) is 12.7. The number of aliphatic imine (C=N–C) groups is 1. The second-order valence-corrected chi connectivity index (χ2v) is 17.6. The van der Waals surface area contributed by atoms with Gasteiger partial charge >= 0.3 is 5.97 Å². The number of carbonyl (C=O) groups is 3. The quantitative estimate of drug-likeness (QED) is 0.0653. The first-order chi connectivity index (χ1) is 31.4. The van der Waals surface area contributed by atoms with Gasteiger partial charge in [0.05, 0.1) is 88.2 Å². The zero-order chi connectivity index (χ0) is 45.9. The van der Waals surface area contributed by atoms with Crippen molar-refractivity contribution in [3.63, 3.8) is 0 Å². The number of carboxylic acids is 1. The van der Waals surface area contributed by atoms with Crippen LogP contribution in [0.5, 0.6) is 5.75 Å². The number of hydrogen-bond acceptors (Lipinski definition) is 15. The van der Waals surface area contributed by atoms with Gasteiger partial charge in [-0.2, -0.15) is 0 Å². The Balaban J connectivity index is 0.761. The van der Waals surface area contributed by atoms with E-state index in [9.17, 15) is 14.4 Å². The predicted octanol–water partition coefficient (Wildman–Crippen LogP) is 5.75. The Morgan fingerprint density at radius 1 is 0.862 bits per heavy atom. The van der Waals surface area contributed by atoms with Gasteiger partial charge in [0, 0.05) is 32.0 Å². The topological polar surface area (TPSA) is 219 Å². The Hall–Kier alpha value is -5.61. The number of nitrogens with zero attached hydrogens (tertiary/aromatic N) is 8. The van der Waals surface area contributed by atoms with Crippen LogP contribution in [0.2, 0.25) is 10.0 Å². The summed E-state index contributed by atoms with van der Waals surface area (Å²) < 4.78 is 26.4. The number of carbonyl (C=O) groups excluding carboxylic acids is 2. The van der Waals surface area contributed by atoms with Gasteiger partial charge in [-0.25, -0.2) is 9.67 Å². The van der Waals surface area contributed by atoms with Crippen molar-refractivity contribution in [1.82, 2.24) is 45.4 Å². The van der Waals surface area contributed by atoms with Crippen molar-refractivity contribution in [2.24, 2.45) is 4.99 Å². The van der Waals surface area contributed by atoms with Crippen LogP contribution >= 0.6 is 45.9 Å². The zero-order valence-corrected chi connectivity index (χ0v) is 38.9. The van der Waals surface area contributed by atoms with E-state index < -0.39 is 24.5 Å². The lowest BCUT2D eigenvalue weighted by Crippen LogP contribution is -2.30. The van der Waals surface area contributed by atoms with Gasteiger partial charge in [0.1, 0.15) is 46.5 Å². The molecule has 22 heteroatoms. The summed E-state index contributed by atoms with van der Waals surface area (Å²) in [6.07, 6.45) is 1.80. The van der Waals surface area contributed by atoms with Gasteiger partial charge in [-0.15, -0.1) is 38.0 Å². The van der Waals surface area contributed by atoms with Crippen LogP contribution < -0.4 is 15.4 Å². The highest BCUT2D eigenvalue weighted by Crippen LogP contribution is 2.40. The summed E-state index contributed by atoms with van der Waals surface area (Å²) in [5.41, 5.74) is 5.63. The highest BCUT2D eigenvalue weighted by Gasteiger charge is 2.32. The number of ether oxygens (including phenoxy) is 4.